The van der Waals surface area contributed by atoms with Gasteiger partial charge in [0.25, 0.3) is 0 Å². The Bertz CT molecular complexity index is 634. The molecule has 25 heavy (non-hydrogen) atoms. The van der Waals surface area contributed by atoms with Gasteiger partial charge in [0.1, 0.15) is 0 Å². The van der Waals surface area contributed by atoms with Crippen LogP contribution in [0.5, 0.6) is 0 Å². The van der Waals surface area contributed by atoms with Gasteiger partial charge < -0.3 is 14.6 Å². The van der Waals surface area contributed by atoms with E-state index in [1.807, 2.05) is 50.8 Å². The molecule has 0 saturated carbocycles. The van der Waals surface area contributed by atoms with Crippen LogP contribution in [0.15, 0.2) is 17.9 Å². The van der Waals surface area contributed by atoms with Crippen molar-refractivity contribution in [1.82, 2.24) is 15.1 Å². The molecule has 1 aliphatic rings. The van der Waals surface area contributed by atoms with E-state index in [2.05, 4.69) is 24.3 Å². The molecule has 0 bridgehead atoms. The van der Waals surface area contributed by atoms with E-state index in [9.17, 15) is 4.79 Å². The number of carbonyl (C=O) groups excluding carboxylic acids is 1. The lowest BCUT2D eigenvalue weighted by atomic mass is 9.77. The predicted octanol–water partition coefficient (Wildman–Crippen LogP) is 2.69. The number of rotatable bonds is 6. The molecule has 0 unspecified atom stereocenters. The van der Waals surface area contributed by atoms with Gasteiger partial charge in [0.05, 0.1) is 17.4 Å². The van der Waals surface area contributed by atoms with Crippen molar-refractivity contribution in [2.75, 3.05) is 6.54 Å². The fraction of sp³-hybridized carbons (Fsp3) is 0.667. The number of amides is 1. The van der Waals surface area contributed by atoms with Gasteiger partial charge in [0.15, 0.2) is 0 Å². The Morgan fingerprint density at radius 1 is 1.32 bits per heavy atom. The highest BCUT2D eigenvalue weighted by Crippen LogP contribution is 2.38. The van der Waals surface area contributed by atoms with Crippen LogP contribution in [0.2, 0.25) is 0 Å². The summed E-state index contributed by atoms with van der Waals surface area (Å²) in [6.07, 6.45) is 5.81. The normalized spacial score (nSPS) is 19.5. The van der Waals surface area contributed by atoms with Gasteiger partial charge in [0, 0.05) is 31.8 Å². The summed E-state index contributed by atoms with van der Waals surface area (Å²) in [6.45, 7) is 15.1. The zero-order chi connectivity index (χ0) is 18.8. The van der Waals surface area contributed by atoms with E-state index in [0.717, 1.165) is 17.6 Å². The first-order valence-corrected chi connectivity index (χ1v) is 8.83. The number of hydrogen-bond acceptors (Lipinski definition) is 4. The highest BCUT2D eigenvalue weighted by atomic mass is 16.7. The summed E-state index contributed by atoms with van der Waals surface area (Å²) in [6, 6.07) is 0. The predicted molar refractivity (Wildman–Crippen MR) is 99.8 cm³/mol. The van der Waals surface area contributed by atoms with Crippen molar-refractivity contribution < 1.29 is 14.1 Å². The molecule has 0 radical (unpaired) electrons. The summed E-state index contributed by atoms with van der Waals surface area (Å²) in [4.78, 5) is 11.4. The molecule has 0 spiro atoms. The van der Waals surface area contributed by atoms with Gasteiger partial charge in [-0.2, -0.15) is 5.10 Å². The monoisotopic (exact) mass is 347 g/mol. The molecule has 0 aliphatic carbocycles. The molecule has 7 heteroatoms. The zero-order valence-corrected chi connectivity index (χ0v) is 16.4. The van der Waals surface area contributed by atoms with Crippen molar-refractivity contribution in [3.05, 3.63) is 23.4 Å². The molecule has 1 aromatic rings. The fourth-order valence-electron chi connectivity index (χ4n) is 2.57. The van der Waals surface area contributed by atoms with Gasteiger partial charge in [-0.05, 0) is 39.1 Å². The van der Waals surface area contributed by atoms with E-state index in [-0.39, 0.29) is 5.91 Å². The molecule has 1 aromatic heterocycles. The Morgan fingerprint density at radius 3 is 2.44 bits per heavy atom. The molecular formula is C18H30BN3O3. The fourth-order valence-corrected chi connectivity index (χ4v) is 2.57. The highest BCUT2D eigenvalue weighted by molar-refractivity contribution is 6.56. The van der Waals surface area contributed by atoms with Crippen LogP contribution in [-0.2, 0) is 20.6 Å². The second kappa shape index (κ2) is 7.34. The zero-order valence-electron chi connectivity index (χ0n) is 16.4. The lowest BCUT2D eigenvalue weighted by Gasteiger charge is -2.32. The maximum Gasteiger partial charge on any atom is 0.492 e. The summed E-state index contributed by atoms with van der Waals surface area (Å²) < 4.78 is 14.2. The molecule has 1 aliphatic heterocycles. The van der Waals surface area contributed by atoms with Crippen LogP contribution in [0, 0.1) is 5.92 Å². The van der Waals surface area contributed by atoms with Gasteiger partial charge >= 0.3 is 7.12 Å². The SMILES string of the molecule is CC(=O)NCC(=Cc1cnn(CC(C)C)c1)B1OC(C)(C)C(C)(C)O1. The number of nitrogens with zero attached hydrogens (tertiary/aromatic N) is 2. The van der Waals surface area contributed by atoms with Crippen molar-refractivity contribution in [3.63, 3.8) is 0 Å². The van der Waals surface area contributed by atoms with Crippen LogP contribution in [-0.4, -0.2) is 40.6 Å². The van der Waals surface area contributed by atoms with Crippen molar-refractivity contribution >= 4 is 19.1 Å². The third kappa shape index (κ3) is 4.95. The van der Waals surface area contributed by atoms with E-state index < -0.39 is 18.3 Å². The van der Waals surface area contributed by atoms with Crippen LogP contribution in [0.1, 0.15) is 54.0 Å². The number of carbonyl (C=O) groups is 1. The molecule has 1 N–H and O–H groups in total. The summed E-state index contributed by atoms with van der Waals surface area (Å²) in [5, 5.41) is 7.23. The number of hydrogen-bond donors (Lipinski definition) is 1. The first kappa shape index (κ1) is 19.7. The summed E-state index contributed by atoms with van der Waals surface area (Å²) in [5.74, 6) is 0.441. The van der Waals surface area contributed by atoms with Crippen LogP contribution in [0.3, 0.4) is 0 Å². The average Bonchev–Trinajstić information content (AvgIpc) is 2.96. The second-order valence-corrected chi connectivity index (χ2v) is 8.11. The van der Waals surface area contributed by atoms with Gasteiger partial charge in [-0.25, -0.2) is 0 Å². The van der Waals surface area contributed by atoms with E-state index in [4.69, 9.17) is 9.31 Å². The van der Waals surface area contributed by atoms with Gasteiger partial charge in [-0.15, -0.1) is 0 Å². The Balaban J connectivity index is 2.24. The first-order valence-electron chi connectivity index (χ1n) is 8.83. The molecule has 0 aromatic carbocycles. The smallest absolute Gasteiger partial charge is 0.400 e. The molecule has 1 amide bonds. The minimum atomic E-state index is -0.495. The topological polar surface area (TPSA) is 65.4 Å². The maximum absolute atomic E-state index is 11.4. The lowest BCUT2D eigenvalue weighted by Crippen LogP contribution is -2.41. The Morgan fingerprint density at radius 2 is 1.92 bits per heavy atom. The number of aromatic nitrogens is 2. The average molecular weight is 347 g/mol. The van der Waals surface area contributed by atoms with Gasteiger partial charge in [-0.3, -0.25) is 9.48 Å². The summed E-state index contributed by atoms with van der Waals surface area (Å²) >= 11 is 0. The molecule has 0 atom stereocenters. The van der Waals surface area contributed by atoms with Gasteiger partial charge in [0.2, 0.25) is 5.91 Å². The van der Waals surface area contributed by atoms with E-state index in [0.29, 0.717) is 12.5 Å². The van der Waals surface area contributed by atoms with E-state index in [1.54, 1.807) is 0 Å². The van der Waals surface area contributed by atoms with E-state index >= 15 is 0 Å². The molecule has 2 rings (SSSR count). The maximum atomic E-state index is 11.4. The van der Waals surface area contributed by atoms with Crippen LogP contribution >= 0.6 is 0 Å². The van der Waals surface area contributed by atoms with Gasteiger partial charge in [-0.1, -0.05) is 19.9 Å². The first-order chi connectivity index (χ1) is 11.5. The van der Waals surface area contributed by atoms with Crippen molar-refractivity contribution in [2.45, 2.75) is 66.2 Å². The molecule has 138 valence electrons. The Labute approximate surface area is 151 Å². The number of nitrogens with one attached hydrogen (secondary N) is 1. The van der Waals surface area contributed by atoms with Crippen LogP contribution < -0.4 is 5.32 Å². The largest absolute Gasteiger partial charge is 0.492 e. The summed E-state index contributed by atoms with van der Waals surface area (Å²) in [5.41, 5.74) is 0.998. The Hall–Kier alpha value is -1.60. The minimum Gasteiger partial charge on any atom is -0.400 e. The van der Waals surface area contributed by atoms with Crippen molar-refractivity contribution in [3.8, 4) is 0 Å². The quantitative estimate of drug-likeness (QED) is 0.804. The van der Waals surface area contributed by atoms with Crippen LogP contribution in [0.25, 0.3) is 6.08 Å². The van der Waals surface area contributed by atoms with E-state index in [1.165, 1.54) is 6.92 Å². The minimum absolute atomic E-state index is 0.0853. The highest BCUT2D eigenvalue weighted by Gasteiger charge is 2.52. The standard InChI is InChI=1S/C18H30BN3O3/c1-13(2)11-22-12-15(9-21-22)8-16(10-20-14(3)23)19-24-17(4,5)18(6,7)25-19/h8-9,12-13H,10-11H2,1-7H3,(H,20,23). The lowest BCUT2D eigenvalue weighted by molar-refractivity contribution is -0.118. The third-order valence-electron chi connectivity index (χ3n) is 4.65. The Kier molecular flexibility index (Phi) is 5.79. The molecule has 6 nitrogen and oxygen atoms in total. The molecule has 2 heterocycles. The third-order valence-corrected chi connectivity index (χ3v) is 4.65. The summed E-state index contributed by atoms with van der Waals surface area (Å²) in [7, 11) is -0.495. The van der Waals surface area contributed by atoms with Crippen molar-refractivity contribution in [2.24, 2.45) is 5.92 Å². The molecule has 1 saturated heterocycles. The molecule has 1 fully saturated rings. The molecular weight excluding hydrogens is 317 g/mol. The van der Waals surface area contributed by atoms with Crippen LogP contribution in [0.4, 0.5) is 0 Å². The van der Waals surface area contributed by atoms with Crippen molar-refractivity contribution in [1.29, 1.82) is 0 Å². The second-order valence-electron chi connectivity index (χ2n) is 8.11.